The summed E-state index contributed by atoms with van der Waals surface area (Å²) in [5.41, 5.74) is 1.45. The molecule has 2 N–H and O–H groups in total. The first-order chi connectivity index (χ1) is 14.5. The number of unbranched alkanes of at least 4 members (excludes halogenated alkanes) is 4. The minimum atomic E-state index is -0.163. The van der Waals surface area contributed by atoms with Crippen molar-refractivity contribution < 1.29 is 9.59 Å². The van der Waals surface area contributed by atoms with E-state index >= 15 is 0 Å². The summed E-state index contributed by atoms with van der Waals surface area (Å²) in [7, 11) is 0. The van der Waals surface area contributed by atoms with Crippen LogP contribution in [0, 0.1) is 12.3 Å². The molecule has 1 aromatic heterocycles. The number of hydrogen-bond donors (Lipinski definition) is 2. The van der Waals surface area contributed by atoms with Gasteiger partial charge in [0.1, 0.15) is 0 Å². The summed E-state index contributed by atoms with van der Waals surface area (Å²) in [5, 5.41) is 5.43. The summed E-state index contributed by atoms with van der Waals surface area (Å²) in [5.74, 6) is 2.82. The Balaban J connectivity index is 2.22. The molecule has 0 atom stereocenters. The Morgan fingerprint density at radius 3 is 1.77 bits per heavy atom. The summed E-state index contributed by atoms with van der Waals surface area (Å²) in [6.45, 7) is 4.16. The standard InChI is InChI=1S/C23H29N5O2/c1-4-7-9-11-19(29)24-22-26-21(18-15-13-17(6-3)14-16-18)27-23(28-22)25-20(30)12-10-8-5-2/h3,13-16H,4-5,7-12H2,1-2H3,(H2,24,25,26,27,28,29,30). The van der Waals surface area contributed by atoms with Gasteiger partial charge in [0.2, 0.25) is 23.7 Å². The van der Waals surface area contributed by atoms with Crippen molar-refractivity contribution in [3.63, 3.8) is 0 Å². The Hall–Kier alpha value is -3.27. The van der Waals surface area contributed by atoms with Crippen LogP contribution in [0.25, 0.3) is 11.4 Å². The zero-order valence-corrected chi connectivity index (χ0v) is 17.7. The first kappa shape index (κ1) is 23.0. The lowest BCUT2D eigenvalue weighted by atomic mass is 10.1. The van der Waals surface area contributed by atoms with Crippen LogP contribution >= 0.6 is 0 Å². The van der Waals surface area contributed by atoms with Crippen LogP contribution in [-0.2, 0) is 9.59 Å². The predicted molar refractivity (Wildman–Crippen MR) is 119 cm³/mol. The second-order valence-electron chi connectivity index (χ2n) is 7.04. The fourth-order valence-electron chi connectivity index (χ4n) is 2.78. The smallest absolute Gasteiger partial charge is 0.234 e. The second kappa shape index (κ2) is 12.3. The molecule has 0 bridgehead atoms. The van der Waals surface area contributed by atoms with Gasteiger partial charge in [-0.15, -0.1) is 6.42 Å². The average Bonchev–Trinajstić information content (AvgIpc) is 2.74. The highest BCUT2D eigenvalue weighted by molar-refractivity contribution is 5.91. The largest absolute Gasteiger partial charge is 0.294 e. The van der Waals surface area contributed by atoms with Crippen LogP contribution in [0.2, 0.25) is 0 Å². The number of hydrogen-bond acceptors (Lipinski definition) is 5. The number of nitrogens with zero attached hydrogens (tertiary/aromatic N) is 3. The molecule has 30 heavy (non-hydrogen) atoms. The normalized spacial score (nSPS) is 10.3. The van der Waals surface area contributed by atoms with Crippen molar-refractivity contribution in [3.05, 3.63) is 29.8 Å². The third-order valence-electron chi connectivity index (χ3n) is 4.46. The molecule has 158 valence electrons. The second-order valence-corrected chi connectivity index (χ2v) is 7.04. The van der Waals surface area contributed by atoms with Crippen LogP contribution in [0.15, 0.2) is 24.3 Å². The number of anilines is 2. The van der Waals surface area contributed by atoms with Crippen molar-refractivity contribution in [2.24, 2.45) is 0 Å². The number of terminal acetylenes is 1. The maximum absolute atomic E-state index is 12.2. The Kier molecular flexibility index (Phi) is 9.46. The van der Waals surface area contributed by atoms with Crippen molar-refractivity contribution in [1.82, 2.24) is 15.0 Å². The van der Waals surface area contributed by atoms with Gasteiger partial charge in [-0.1, -0.05) is 45.5 Å². The SMILES string of the molecule is C#Cc1ccc(-c2nc(NC(=O)CCCCC)nc(NC(=O)CCCCC)n2)cc1. The molecule has 2 rings (SSSR count). The molecule has 1 aromatic carbocycles. The van der Waals surface area contributed by atoms with Crippen molar-refractivity contribution in [2.75, 3.05) is 10.6 Å². The molecule has 7 nitrogen and oxygen atoms in total. The maximum Gasteiger partial charge on any atom is 0.234 e. The van der Waals surface area contributed by atoms with Gasteiger partial charge in [-0.25, -0.2) is 0 Å². The number of aromatic nitrogens is 3. The minimum absolute atomic E-state index is 0.117. The molecule has 0 aliphatic rings. The minimum Gasteiger partial charge on any atom is -0.294 e. The lowest BCUT2D eigenvalue weighted by molar-refractivity contribution is -0.117. The van der Waals surface area contributed by atoms with Crippen LogP contribution in [0.4, 0.5) is 11.9 Å². The summed E-state index contributed by atoms with van der Waals surface area (Å²) in [6.07, 6.45) is 11.8. The molecule has 1 heterocycles. The molecule has 0 saturated carbocycles. The van der Waals surface area contributed by atoms with Gasteiger partial charge in [-0.3, -0.25) is 20.2 Å². The maximum atomic E-state index is 12.2. The average molecular weight is 408 g/mol. The quantitative estimate of drug-likeness (QED) is 0.420. The fourth-order valence-corrected chi connectivity index (χ4v) is 2.78. The number of carbonyl (C=O) groups is 2. The Morgan fingerprint density at radius 1 is 0.833 bits per heavy atom. The summed E-state index contributed by atoms with van der Waals surface area (Å²) >= 11 is 0. The number of benzene rings is 1. The number of nitrogens with one attached hydrogen (secondary N) is 2. The van der Waals surface area contributed by atoms with Gasteiger partial charge in [0, 0.05) is 24.0 Å². The number of rotatable bonds is 11. The summed E-state index contributed by atoms with van der Waals surface area (Å²) < 4.78 is 0. The van der Waals surface area contributed by atoms with Crippen molar-refractivity contribution in [2.45, 2.75) is 65.2 Å². The molecule has 0 fully saturated rings. The van der Waals surface area contributed by atoms with E-state index in [1.54, 1.807) is 24.3 Å². The molecule has 0 aliphatic carbocycles. The first-order valence-corrected chi connectivity index (χ1v) is 10.5. The van der Waals surface area contributed by atoms with Crippen LogP contribution in [0.3, 0.4) is 0 Å². The number of amides is 2. The lowest BCUT2D eigenvalue weighted by Gasteiger charge is -2.09. The van der Waals surface area contributed by atoms with E-state index in [-0.39, 0.29) is 23.7 Å². The molecule has 0 spiro atoms. The van der Waals surface area contributed by atoms with Gasteiger partial charge in [0.25, 0.3) is 0 Å². The highest BCUT2D eigenvalue weighted by atomic mass is 16.2. The van der Waals surface area contributed by atoms with E-state index in [9.17, 15) is 9.59 Å². The third kappa shape index (κ3) is 7.63. The molecule has 7 heteroatoms. The van der Waals surface area contributed by atoms with Crippen LogP contribution in [0.1, 0.15) is 70.8 Å². The van der Waals surface area contributed by atoms with E-state index in [2.05, 4.69) is 45.4 Å². The van der Waals surface area contributed by atoms with Crippen LogP contribution in [-0.4, -0.2) is 26.8 Å². The molecule has 0 aliphatic heterocycles. The van der Waals surface area contributed by atoms with Crippen molar-refractivity contribution in [1.29, 1.82) is 0 Å². The first-order valence-electron chi connectivity index (χ1n) is 10.5. The Labute approximate surface area is 178 Å². The predicted octanol–water partition coefficient (Wildman–Crippen LogP) is 4.56. The summed E-state index contributed by atoms with van der Waals surface area (Å²) in [6, 6.07) is 7.16. The zero-order chi connectivity index (χ0) is 21.8. The van der Waals surface area contributed by atoms with Gasteiger partial charge in [0.05, 0.1) is 0 Å². The number of carbonyl (C=O) groups excluding carboxylic acids is 2. The topological polar surface area (TPSA) is 96.9 Å². The molecule has 2 amide bonds. The zero-order valence-electron chi connectivity index (χ0n) is 17.7. The summed E-state index contributed by atoms with van der Waals surface area (Å²) in [4.78, 5) is 37.3. The van der Waals surface area contributed by atoms with Gasteiger partial charge < -0.3 is 0 Å². The van der Waals surface area contributed by atoms with Crippen LogP contribution in [0.5, 0.6) is 0 Å². The highest BCUT2D eigenvalue weighted by Crippen LogP contribution is 2.19. The van der Waals surface area contributed by atoms with Gasteiger partial charge in [0.15, 0.2) is 5.82 Å². The van der Waals surface area contributed by atoms with Gasteiger partial charge in [-0.2, -0.15) is 15.0 Å². The molecular weight excluding hydrogens is 378 g/mol. The Morgan fingerprint density at radius 2 is 1.33 bits per heavy atom. The van der Waals surface area contributed by atoms with Crippen molar-refractivity contribution >= 4 is 23.7 Å². The van der Waals surface area contributed by atoms with Crippen molar-refractivity contribution in [3.8, 4) is 23.7 Å². The molecule has 0 radical (unpaired) electrons. The van der Waals surface area contributed by atoms with Gasteiger partial charge in [-0.05, 0) is 37.1 Å². The third-order valence-corrected chi connectivity index (χ3v) is 4.46. The van der Waals surface area contributed by atoms with E-state index in [0.29, 0.717) is 24.2 Å². The molecule has 2 aromatic rings. The Bertz CT molecular complexity index is 845. The van der Waals surface area contributed by atoms with E-state index < -0.39 is 0 Å². The fraction of sp³-hybridized carbons (Fsp3) is 0.435. The van der Waals surface area contributed by atoms with E-state index in [0.717, 1.165) is 44.1 Å². The highest BCUT2D eigenvalue weighted by Gasteiger charge is 2.13. The van der Waals surface area contributed by atoms with Gasteiger partial charge >= 0.3 is 0 Å². The van der Waals surface area contributed by atoms with E-state index in [1.807, 2.05) is 0 Å². The lowest BCUT2D eigenvalue weighted by Crippen LogP contribution is -2.18. The monoisotopic (exact) mass is 407 g/mol. The molecule has 0 saturated heterocycles. The van der Waals surface area contributed by atoms with E-state index in [4.69, 9.17) is 6.42 Å². The van der Waals surface area contributed by atoms with Crippen LogP contribution < -0.4 is 10.6 Å². The van der Waals surface area contributed by atoms with E-state index in [1.165, 1.54) is 0 Å². The molecule has 0 unspecified atom stereocenters. The molecular formula is C23H29N5O2.